The molecule has 130 valence electrons. The maximum absolute atomic E-state index is 12.6. The largest absolute Gasteiger partial charge is 1.00 e. The fourth-order valence-electron chi connectivity index (χ4n) is 2.48. The number of carbonyl (C=O) groups excluding carboxylic acids is 1. The number of aromatic nitrogens is 1. The van der Waals surface area contributed by atoms with Crippen molar-refractivity contribution < 1.29 is 48.3 Å². The van der Waals surface area contributed by atoms with Gasteiger partial charge in [-0.15, -0.1) is 0 Å². The second-order valence-corrected chi connectivity index (χ2v) is 5.84. The Balaban J connectivity index is 0.00000312. The van der Waals surface area contributed by atoms with Crippen molar-refractivity contribution in [2.45, 2.75) is 39.0 Å². The van der Waals surface area contributed by atoms with Crippen LogP contribution in [0.25, 0.3) is 0 Å². The van der Waals surface area contributed by atoms with Gasteiger partial charge in [-0.3, -0.25) is 10.1 Å². The first-order chi connectivity index (χ1) is 11.5. The van der Waals surface area contributed by atoms with Crippen LogP contribution >= 0.6 is 0 Å². The van der Waals surface area contributed by atoms with Crippen LogP contribution in [0.4, 0.5) is 5.88 Å². The van der Waals surface area contributed by atoms with Crippen molar-refractivity contribution in [1.82, 2.24) is 5.16 Å². The quantitative estimate of drug-likeness (QED) is 0.751. The molecule has 1 amide bonds. The molecule has 0 radical (unpaired) electrons. The first-order valence-corrected chi connectivity index (χ1v) is 7.98. The van der Waals surface area contributed by atoms with Crippen molar-refractivity contribution in [3.8, 4) is 11.5 Å². The summed E-state index contributed by atoms with van der Waals surface area (Å²) in [6.07, 6.45) is 1.87. The van der Waals surface area contributed by atoms with E-state index in [-0.39, 0.29) is 40.9 Å². The summed E-state index contributed by atoms with van der Waals surface area (Å²) in [4.78, 5) is 12.6. The van der Waals surface area contributed by atoms with Crippen LogP contribution in [0.15, 0.2) is 28.8 Å². The van der Waals surface area contributed by atoms with Gasteiger partial charge in [-0.05, 0) is 25.0 Å². The van der Waals surface area contributed by atoms with Crippen LogP contribution < -0.4 is 44.3 Å². The smallest absolute Gasteiger partial charge is 0.496 e. The van der Waals surface area contributed by atoms with Crippen molar-refractivity contribution in [2.24, 2.45) is 0 Å². The molecule has 0 saturated carbocycles. The summed E-state index contributed by atoms with van der Waals surface area (Å²) in [5.41, 5.74) is 1.07. The number of benzene rings is 1. The second-order valence-electron chi connectivity index (χ2n) is 5.84. The number of hydrogen-bond acceptors (Lipinski definition) is 5. The van der Waals surface area contributed by atoms with E-state index in [1.54, 1.807) is 24.3 Å². The average Bonchev–Trinajstić information content (AvgIpc) is 3.09. The summed E-state index contributed by atoms with van der Waals surface area (Å²) in [5, 5.41) is 6.83. The molecule has 1 aromatic heterocycles. The summed E-state index contributed by atoms with van der Waals surface area (Å²) >= 11 is 0. The Bertz CT molecular complexity index is 689. The topological polar surface area (TPSA) is 73.6 Å². The van der Waals surface area contributed by atoms with E-state index in [4.69, 9.17) is 14.0 Å². The molecule has 25 heavy (non-hydrogen) atoms. The summed E-state index contributed by atoms with van der Waals surface area (Å²) in [6.45, 7) is 6.34. The van der Waals surface area contributed by atoms with Gasteiger partial charge in [0, 0.05) is 11.5 Å². The van der Waals surface area contributed by atoms with E-state index in [1.807, 2.05) is 0 Å². The molecule has 2 aromatic rings. The zero-order valence-electron chi connectivity index (χ0n) is 15.8. The Labute approximate surface area is 170 Å². The summed E-state index contributed by atoms with van der Waals surface area (Å²) in [7, 11) is 3.01. The molecule has 0 aliphatic carbocycles. The SMILES string of the molecule is CCC(C)(CC)c1cc(NC(=O)c2c(OC)cccc2OC)on1.[Na+]. The van der Waals surface area contributed by atoms with Crippen LogP contribution in [0.2, 0.25) is 0 Å². The number of nitrogens with one attached hydrogen (secondary N) is 1. The number of amides is 1. The van der Waals surface area contributed by atoms with Gasteiger partial charge in [-0.2, -0.15) is 0 Å². The molecule has 0 aliphatic rings. The van der Waals surface area contributed by atoms with Crippen molar-refractivity contribution >= 4 is 11.8 Å². The number of methoxy groups -OCH3 is 2. The van der Waals surface area contributed by atoms with Gasteiger partial charge in [-0.25, -0.2) is 0 Å². The maximum Gasteiger partial charge on any atom is 1.00 e. The molecule has 0 fully saturated rings. The molecule has 0 saturated heterocycles. The van der Waals surface area contributed by atoms with Gasteiger partial charge in [0.25, 0.3) is 5.91 Å². The van der Waals surface area contributed by atoms with E-state index in [0.717, 1.165) is 18.5 Å². The van der Waals surface area contributed by atoms with Crippen LogP contribution in [0.5, 0.6) is 11.5 Å². The normalized spacial score (nSPS) is 10.8. The Morgan fingerprint density at radius 2 is 1.76 bits per heavy atom. The Morgan fingerprint density at radius 3 is 2.24 bits per heavy atom. The molecule has 1 aromatic carbocycles. The van der Waals surface area contributed by atoms with Crippen LogP contribution in [0, 0.1) is 0 Å². The molecule has 0 spiro atoms. The van der Waals surface area contributed by atoms with Gasteiger partial charge in [-0.1, -0.05) is 32.0 Å². The number of carbonyl (C=O) groups is 1. The third-order valence-electron chi connectivity index (χ3n) is 4.58. The Hall–Kier alpha value is -1.50. The maximum atomic E-state index is 12.6. The Morgan fingerprint density at radius 1 is 1.20 bits per heavy atom. The molecule has 1 N–H and O–H groups in total. The zero-order chi connectivity index (χ0) is 17.7. The molecule has 0 bridgehead atoms. The van der Waals surface area contributed by atoms with Gasteiger partial charge in [0.1, 0.15) is 17.1 Å². The van der Waals surface area contributed by atoms with Crippen molar-refractivity contribution in [1.29, 1.82) is 0 Å². The van der Waals surface area contributed by atoms with Gasteiger partial charge < -0.3 is 14.0 Å². The number of rotatable bonds is 7. The third-order valence-corrected chi connectivity index (χ3v) is 4.58. The summed E-state index contributed by atoms with van der Waals surface area (Å²) in [5.74, 6) is 0.787. The molecule has 7 heteroatoms. The molecule has 0 atom stereocenters. The van der Waals surface area contributed by atoms with E-state index in [0.29, 0.717) is 22.9 Å². The third kappa shape index (κ3) is 4.57. The minimum atomic E-state index is -0.373. The summed E-state index contributed by atoms with van der Waals surface area (Å²) < 4.78 is 15.8. The van der Waals surface area contributed by atoms with Crippen molar-refractivity contribution in [3.05, 3.63) is 35.5 Å². The standard InChI is InChI=1S/C18H24N2O4.Na/c1-6-18(3,7-2)14-11-15(24-20-14)19-17(21)16-12(22-4)9-8-10-13(16)23-5;/h8-11H,6-7H2,1-5H3,(H,19,21);/q;+1. The first kappa shape index (κ1) is 21.5. The van der Waals surface area contributed by atoms with Gasteiger partial charge >= 0.3 is 29.6 Å². The molecule has 6 nitrogen and oxygen atoms in total. The van der Waals surface area contributed by atoms with E-state index in [2.05, 4.69) is 31.2 Å². The molecule has 0 aliphatic heterocycles. The minimum Gasteiger partial charge on any atom is -0.496 e. The molecular weight excluding hydrogens is 331 g/mol. The van der Waals surface area contributed by atoms with Gasteiger partial charge in [0.15, 0.2) is 0 Å². The van der Waals surface area contributed by atoms with Crippen LogP contribution in [0.3, 0.4) is 0 Å². The Kier molecular flexibility index (Phi) is 7.99. The van der Waals surface area contributed by atoms with Crippen LogP contribution in [-0.2, 0) is 5.41 Å². The van der Waals surface area contributed by atoms with Gasteiger partial charge in [0.2, 0.25) is 5.88 Å². The minimum absolute atomic E-state index is 0. The predicted octanol–water partition coefficient (Wildman–Crippen LogP) is 1.03. The fourth-order valence-corrected chi connectivity index (χ4v) is 2.48. The van der Waals surface area contributed by atoms with E-state index in [1.165, 1.54) is 14.2 Å². The van der Waals surface area contributed by atoms with Crippen LogP contribution in [-0.4, -0.2) is 25.3 Å². The van der Waals surface area contributed by atoms with Gasteiger partial charge in [0.05, 0.1) is 19.9 Å². The number of ether oxygens (including phenoxy) is 2. The molecule has 1 heterocycles. The van der Waals surface area contributed by atoms with E-state index in [9.17, 15) is 4.79 Å². The molecule has 0 unspecified atom stereocenters. The van der Waals surface area contributed by atoms with Crippen LogP contribution in [0.1, 0.15) is 49.7 Å². The predicted molar refractivity (Wildman–Crippen MR) is 91.9 cm³/mol. The van der Waals surface area contributed by atoms with E-state index < -0.39 is 0 Å². The fraction of sp³-hybridized carbons (Fsp3) is 0.444. The van der Waals surface area contributed by atoms with E-state index >= 15 is 0 Å². The molecular formula is C18H24N2NaO4+. The number of nitrogens with zero attached hydrogens (tertiary/aromatic N) is 1. The monoisotopic (exact) mass is 355 g/mol. The summed E-state index contributed by atoms with van der Waals surface area (Å²) in [6, 6.07) is 6.94. The van der Waals surface area contributed by atoms with Crippen molar-refractivity contribution in [2.75, 3.05) is 19.5 Å². The zero-order valence-corrected chi connectivity index (χ0v) is 17.8. The average molecular weight is 355 g/mol. The van der Waals surface area contributed by atoms with Crippen molar-refractivity contribution in [3.63, 3.8) is 0 Å². The second kappa shape index (κ2) is 9.27. The molecule has 2 rings (SSSR count). The number of hydrogen-bond donors (Lipinski definition) is 1. The number of anilines is 1. The first-order valence-electron chi connectivity index (χ1n) is 7.98.